The van der Waals surface area contributed by atoms with Crippen LogP contribution >= 0.6 is 0 Å². The summed E-state index contributed by atoms with van der Waals surface area (Å²) in [6.07, 6.45) is 1.69. The van der Waals surface area contributed by atoms with Gasteiger partial charge in [0.2, 0.25) is 0 Å². The van der Waals surface area contributed by atoms with Gasteiger partial charge in [-0.2, -0.15) is 0 Å². The molecule has 5 heteroatoms. The van der Waals surface area contributed by atoms with Gasteiger partial charge in [-0.05, 0) is 25.3 Å². The number of carbonyl (C=O) groups is 1. The standard InChI is InChI=1S/C12H15NO3.Na/c1-10(12(14)15)13-16-9-5-8-11-6-3-2-4-7-11;/h2-4,6-7H,5,8-9H2,1H3,(H,14,15);/q;+1/p-1. The first-order valence-electron chi connectivity index (χ1n) is 5.12. The second kappa shape index (κ2) is 9.22. The van der Waals surface area contributed by atoms with E-state index >= 15 is 0 Å². The molecule has 0 N–H and O–H groups in total. The molecule has 17 heavy (non-hydrogen) atoms. The molecule has 0 saturated carbocycles. The Balaban J connectivity index is 0.00000256. The molecule has 0 aromatic heterocycles. The summed E-state index contributed by atoms with van der Waals surface area (Å²) in [5.74, 6) is -1.30. The molecule has 0 unspecified atom stereocenters. The Labute approximate surface area is 123 Å². The summed E-state index contributed by atoms with van der Waals surface area (Å²) in [6, 6.07) is 10.0. The zero-order valence-corrected chi connectivity index (χ0v) is 12.2. The minimum Gasteiger partial charge on any atom is -0.543 e. The van der Waals surface area contributed by atoms with Crippen molar-refractivity contribution in [2.45, 2.75) is 19.8 Å². The fourth-order valence-electron chi connectivity index (χ4n) is 1.17. The molecule has 0 fully saturated rings. The molecule has 0 heterocycles. The van der Waals surface area contributed by atoms with E-state index in [-0.39, 0.29) is 35.3 Å². The van der Waals surface area contributed by atoms with Crippen LogP contribution in [0.3, 0.4) is 0 Å². The summed E-state index contributed by atoms with van der Waals surface area (Å²) in [5.41, 5.74) is 1.09. The molecular weight excluding hydrogens is 229 g/mol. The van der Waals surface area contributed by atoms with Crippen LogP contribution in [0.2, 0.25) is 0 Å². The molecule has 0 saturated heterocycles. The largest absolute Gasteiger partial charge is 1.00 e. The van der Waals surface area contributed by atoms with Crippen molar-refractivity contribution in [3.05, 3.63) is 35.9 Å². The monoisotopic (exact) mass is 243 g/mol. The third-order valence-corrected chi connectivity index (χ3v) is 2.04. The van der Waals surface area contributed by atoms with Crippen molar-refractivity contribution in [3.63, 3.8) is 0 Å². The Morgan fingerprint density at radius 3 is 2.59 bits per heavy atom. The Morgan fingerprint density at radius 2 is 2.00 bits per heavy atom. The van der Waals surface area contributed by atoms with E-state index in [1.165, 1.54) is 12.5 Å². The molecule has 0 aliphatic rings. The van der Waals surface area contributed by atoms with Crippen molar-refractivity contribution in [1.29, 1.82) is 0 Å². The molecule has 1 aromatic carbocycles. The third kappa shape index (κ3) is 7.15. The van der Waals surface area contributed by atoms with Crippen LogP contribution in [0, 0.1) is 0 Å². The first-order valence-corrected chi connectivity index (χ1v) is 5.12. The van der Waals surface area contributed by atoms with Crippen molar-refractivity contribution in [3.8, 4) is 0 Å². The van der Waals surface area contributed by atoms with Gasteiger partial charge >= 0.3 is 29.6 Å². The second-order valence-corrected chi connectivity index (χ2v) is 3.39. The van der Waals surface area contributed by atoms with Gasteiger partial charge in [0.05, 0.1) is 11.7 Å². The van der Waals surface area contributed by atoms with Gasteiger partial charge in [0.15, 0.2) is 0 Å². The number of rotatable bonds is 6. The second-order valence-electron chi connectivity index (χ2n) is 3.39. The summed E-state index contributed by atoms with van der Waals surface area (Å²) in [4.78, 5) is 15.1. The predicted molar refractivity (Wildman–Crippen MR) is 58.8 cm³/mol. The summed E-state index contributed by atoms with van der Waals surface area (Å²) in [7, 11) is 0. The van der Waals surface area contributed by atoms with E-state index in [0.717, 1.165) is 12.8 Å². The van der Waals surface area contributed by atoms with Gasteiger partial charge in [-0.25, -0.2) is 0 Å². The zero-order valence-electron chi connectivity index (χ0n) is 10.2. The number of benzene rings is 1. The van der Waals surface area contributed by atoms with Crippen LogP contribution in [0.15, 0.2) is 35.5 Å². The Morgan fingerprint density at radius 1 is 1.35 bits per heavy atom. The van der Waals surface area contributed by atoms with Gasteiger partial charge in [0.25, 0.3) is 0 Å². The van der Waals surface area contributed by atoms with Crippen molar-refractivity contribution in [1.82, 2.24) is 0 Å². The van der Waals surface area contributed by atoms with E-state index in [9.17, 15) is 9.90 Å². The van der Waals surface area contributed by atoms with Gasteiger partial charge in [0.1, 0.15) is 6.61 Å². The number of carboxylic acid groups (broad SMARTS) is 1. The van der Waals surface area contributed by atoms with Crippen molar-refractivity contribution >= 4 is 11.7 Å². The number of carbonyl (C=O) groups excluding carboxylic acids is 1. The minimum absolute atomic E-state index is 0. The van der Waals surface area contributed by atoms with Gasteiger partial charge in [-0.1, -0.05) is 35.5 Å². The van der Waals surface area contributed by atoms with E-state index in [1.54, 1.807) is 0 Å². The zero-order chi connectivity index (χ0) is 11.8. The van der Waals surface area contributed by atoms with E-state index in [4.69, 9.17) is 4.84 Å². The third-order valence-electron chi connectivity index (χ3n) is 2.04. The van der Waals surface area contributed by atoms with Gasteiger partial charge in [-0.3, -0.25) is 0 Å². The minimum atomic E-state index is -1.30. The van der Waals surface area contributed by atoms with E-state index < -0.39 is 5.97 Å². The van der Waals surface area contributed by atoms with Crippen LogP contribution < -0.4 is 34.7 Å². The average molecular weight is 243 g/mol. The molecular formula is C12H14NNaO3. The molecule has 86 valence electrons. The van der Waals surface area contributed by atoms with E-state index in [0.29, 0.717) is 6.61 Å². The van der Waals surface area contributed by atoms with Crippen LogP contribution in [0.25, 0.3) is 0 Å². The van der Waals surface area contributed by atoms with E-state index in [1.807, 2.05) is 30.3 Å². The van der Waals surface area contributed by atoms with Crippen LogP contribution in [-0.2, 0) is 16.1 Å². The van der Waals surface area contributed by atoms with Crippen molar-refractivity contribution in [2.75, 3.05) is 6.61 Å². The number of oxime groups is 1. The maximum absolute atomic E-state index is 10.3. The maximum atomic E-state index is 10.3. The summed E-state index contributed by atoms with van der Waals surface area (Å²) < 4.78 is 0. The quantitative estimate of drug-likeness (QED) is 0.246. The normalized spacial score (nSPS) is 10.5. The Hall–Kier alpha value is -0.840. The molecule has 0 atom stereocenters. The molecule has 0 spiro atoms. The summed E-state index contributed by atoms with van der Waals surface area (Å²) >= 11 is 0. The Bertz CT molecular complexity index is 365. The SMILES string of the molecule is CC(=NOCCCc1ccccc1)C(=O)[O-].[Na+]. The van der Waals surface area contributed by atoms with E-state index in [2.05, 4.69) is 5.16 Å². The molecule has 1 rings (SSSR count). The fourth-order valence-corrected chi connectivity index (χ4v) is 1.17. The van der Waals surface area contributed by atoms with Crippen molar-refractivity contribution in [2.24, 2.45) is 5.16 Å². The topological polar surface area (TPSA) is 61.7 Å². The number of carboxylic acids is 1. The first kappa shape index (κ1) is 16.2. The molecule has 4 nitrogen and oxygen atoms in total. The molecule has 0 aliphatic heterocycles. The van der Waals surface area contributed by atoms with Gasteiger partial charge < -0.3 is 14.7 Å². The molecule has 0 bridgehead atoms. The Kier molecular flexibility index (Phi) is 8.76. The van der Waals surface area contributed by atoms with Crippen LogP contribution in [0.1, 0.15) is 18.9 Å². The summed E-state index contributed by atoms with van der Waals surface area (Å²) in [6.45, 7) is 1.74. The number of hydrogen-bond acceptors (Lipinski definition) is 4. The van der Waals surface area contributed by atoms with Crippen molar-refractivity contribution < 1.29 is 44.3 Å². The molecule has 0 aliphatic carbocycles. The summed E-state index contributed by atoms with van der Waals surface area (Å²) in [5, 5.41) is 13.7. The molecule has 0 radical (unpaired) electrons. The number of aryl methyl sites for hydroxylation is 1. The van der Waals surface area contributed by atoms with Crippen LogP contribution in [0.5, 0.6) is 0 Å². The number of nitrogens with zero attached hydrogens (tertiary/aromatic N) is 1. The van der Waals surface area contributed by atoms with Crippen LogP contribution in [0.4, 0.5) is 0 Å². The van der Waals surface area contributed by atoms with Gasteiger partial charge in [0, 0.05) is 0 Å². The average Bonchev–Trinajstić information content (AvgIpc) is 2.29. The molecule has 0 amide bonds. The smallest absolute Gasteiger partial charge is 0.543 e. The fraction of sp³-hybridized carbons (Fsp3) is 0.333. The van der Waals surface area contributed by atoms with Gasteiger partial charge in [-0.15, -0.1) is 0 Å². The number of aliphatic carboxylic acids is 1. The van der Waals surface area contributed by atoms with Crippen LogP contribution in [-0.4, -0.2) is 18.3 Å². The number of hydrogen-bond donors (Lipinski definition) is 0. The predicted octanol–water partition coefficient (Wildman–Crippen LogP) is -2.23. The maximum Gasteiger partial charge on any atom is 1.00 e. The molecule has 1 aromatic rings. The first-order chi connectivity index (χ1) is 7.70.